The summed E-state index contributed by atoms with van der Waals surface area (Å²) in [6.45, 7) is 0.366. The van der Waals surface area contributed by atoms with Gasteiger partial charge in [-0.1, -0.05) is 12.1 Å². The average molecular weight is 279 g/mol. The number of pyridine rings is 1. The zero-order valence-corrected chi connectivity index (χ0v) is 12.1. The molecule has 21 heavy (non-hydrogen) atoms. The standard InChI is InChI=1S/C16H17N5/c1-21(2)13-5-3-4-11(8-13)14-6-7-15-16(18-14)9-12(10-17)19-20-15/h3-9H,10,17H2,1-2H3. The molecule has 3 aromatic rings. The Morgan fingerprint density at radius 3 is 2.62 bits per heavy atom. The molecule has 2 N–H and O–H groups in total. The number of nitrogens with two attached hydrogens (primary N) is 1. The molecular weight excluding hydrogens is 262 g/mol. The maximum absolute atomic E-state index is 5.61. The first kappa shape index (κ1) is 13.5. The van der Waals surface area contributed by atoms with Crippen LogP contribution in [-0.4, -0.2) is 29.3 Å². The van der Waals surface area contributed by atoms with Crippen LogP contribution < -0.4 is 10.6 Å². The lowest BCUT2D eigenvalue weighted by Crippen LogP contribution is -2.08. The zero-order chi connectivity index (χ0) is 14.8. The van der Waals surface area contributed by atoms with Gasteiger partial charge in [0.05, 0.1) is 16.9 Å². The maximum Gasteiger partial charge on any atom is 0.111 e. The molecule has 0 unspecified atom stereocenters. The van der Waals surface area contributed by atoms with Crippen molar-refractivity contribution in [2.75, 3.05) is 19.0 Å². The van der Waals surface area contributed by atoms with E-state index < -0.39 is 0 Å². The molecule has 0 radical (unpaired) electrons. The first-order valence-corrected chi connectivity index (χ1v) is 6.78. The van der Waals surface area contributed by atoms with E-state index >= 15 is 0 Å². The quantitative estimate of drug-likeness (QED) is 0.796. The highest BCUT2D eigenvalue weighted by Gasteiger charge is 2.05. The summed E-state index contributed by atoms with van der Waals surface area (Å²) in [5, 5.41) is 8.18. The summed E-state index contributed by atoms with van der Waals surface area (Å²) < 4.78 is 0. The van der Waals surface area contributed by atoms with Crippen molar-refractivity contribution < 1.29 is 0 Å². The summed E-state index contributed by atoms with van der Waals surface area (Å²) in [7, 11) is 4.05. The van der Waals surface area contributed by atoms with Crippen LogP contribution >= 0.6 is 0 Å². The Morgan fingerprint density at radius 2 is 1.86 bits per heavy atom. The highest BCUT2D eigenvalue weighted by Crippen LogP contribution is 2.24. The van der Waals surface area contributed by atoms with Gasteiger partial charge in [-0.2, -0.15) is 5.10 Å². The van der Waals surface area contributed by atoms with Crippen LogP contribution in [0.3, 0.4) is 0 Å². The van der Waals surface area contributed by atoms with Gasteiger partial charge < -0.3 is 10.6 Å². The minimum absolute atomic E-state index is 0.366. The molecule has 0 saturated heterocycles. The van der Waals surface area contributed by atoms with Crippen molar-refractivity contribution in [2.45, 2.75) is 6.54 Å². The minimum Gasteiger partial charge on any atom is -0.378 e. The Hall–Kier alpha value is -2.53. The number of hydrogen-bond acceptors (Lipinski definition) is 5. The molecule has 1 aromatic carbocycles. The predicted molar refractivity (Wildman–Crippen MR) is 85.0 cm³/mol. The van der Waals surface area contributed by atoms with Crippen molar-refractivity contribution in [3.05, 3.63) is 48.2 Å². The number of nitrogens with zero attached hydrogens (tertiary/aromatic N) is 4. The highest BCUT2D eigenvalue weighted by molar-refractivity contribution is 5.78. The van der Waals surface area contributed by atoms with Crippen LogP contribution in [-0.2, 0) is 6.54 Å². The number of anilines is 1. The van der Waals surface area contributed by atoms with Gasteiger partial charge in [0, 0.05) is 31.9 Å². The van der Waals surface area contributed by atoms with Gasteiger partial charge in [-0.25, -0.2) is 4.98 Å². The molecule has 0 aliphatic heterocycles. The molecule has 2 aromatic heterocycles. The first-order chi connectivity index (χ1) is 10.2. The number of benzene rings is 1. The van der Waals surface area contributed by atoms with Gasteiger partial charge >= 0.3 is 0 Å². The second kappa shape index (κ2) is 5.46. The van der Waals surface area contributed by atoms with E-state index in [-0.39, 0.29) is 0 Å². The van der Waals surface area contributed by atoms with Gasteiger partial charge in [-0.3, -0.25) is 0 Å². The van der Waals surface area contributed by atoms with Crippen molar-refractivity contribution >= 4 is 16.7 Å². The van der Waals surface area contributed by atoms with E-state index in [9.17, 15) is 0 Å². The Bertz CT molecular complexity index is 782. The molecule has 3 rings (SSSR count). The number of aromatic nitrogens is 3. The lowest BCUT2D eigenvalue weighted by atomic mass is 10.1. The van der Waals surface area contributed by atoms with Crippen LogP contribution in [0.15, 0.2) is 42.5 Å². The normalized spacial score (nSPS) is 10.8. The summed E-state index contributed by atoms with van der Waals surface area (Å²) in [6.07, 6.45) is 0. The van der Waals surface area contributed by atoms with Gasteiger partial charge in [-0.15, -0.1) is 5.10 Å². The van der Waals surface area contributed by atoms with E-state index in [1.807, 2.05) is 38.4 Å². The maximum atomic E-state index is 5.61. The molecule has 0 saturated carbocycles. The zero-order valence-electron chi connectivity index (χ0n) is 12.1. The third kappa shape index (κ3) is 2.68. The third-order valence-corrected chi connectivity index (χ3v) is 3.36. The fraction of sp³-hybridized carbons (Fsp3) is 0.188. The van der Waals surface area contributed by atoms with Crippen LogP contribution in [0.4, 0.5) is 5.69 Å². The van der Waals surface area contributed by atoms with E-state index in [0.29, 0.717) is 6.54 Å². The van der Waals surface area contributed by atoms with Gasteiger partial charge in [0.15, 0.2) is 0 Å². The van der Waals surface area contributed by atoms with Crippen molar-refractivity contribution in [3.63, 3.8) is 0 Å². The molecule has 0 aliphatic carbocycles. The molecule has 2 heterocycles. The van der Waals surface area contributed by atoms with Crippen molar-refractivity contribution in [2.24, 2.45) is 5.73 Å². The Balaban J connectivity index is 2.09. The van der Waals surface area contributed by atoms with Gasteiger partial charge in [0.2, 0.25) is 0 Å². The highest BCUT2D eigenvalue weighted by atomic mass is 15.1. The average Bonchev–Trinajstić information content (AvgIpc) is 2.53. The van der Waals surface area contributed by atoms with Crippen LogP contribution in [0.2, 0.25) is 0 Å². The molecule has 0 fully saturated rings. The molecule has 0 atom stereocenters. The Kier molecular flexibility index (Phi) is 3.50. The first-order valence-electron chi connectivity index (χ1n) is 6.78. The van der Waals surface area contributed by atoms with E-state index in [0.717, 1.165) is 33.7 Å². The van der Waals surface area contributed by atoms with Crippen LogP contribution in [0, 0.1) is 0 Å². The lowest BCUT2D eigenvalue weighted by Gasteiger charge is -2.13. The summed E-state index contributed by atoms with van der Waals surface area (Å²) in [5.74, 6) is 0. The summed E-state index contributed by atoms with van der Waals surface area (Å²) in [4.78, 5) is 6.75. The molecule has 106 valence electrons. The Labute approximate surface area is 123 Å². The van der Waals surface area contributed by atoms with Gasteiger partial charge in [-0.05, 0) is 30.3 Å². The van der Waals surface area contributed by atoms with Crippen LogP contribution in [0.25, 0.3) is 22.3 Å². The monoisotopic (exact) mass is 279 g/mol. The molecule has 5 nitrogen and oxygen atoms in total. The second-order valence-electron chi connectivity index (χ2n) is 5.09. The van der Waals surface area contributed by atoms with Crippen molar-refractivity contribution in [1.82, 2.24) is 15.2 Å². The fourth-order valence-electron chi connectivity index (χ4n) is 2.17. The molecule has 0 bridgehead atoms. The minimum atomic E-state index is 0.366. The number of rotatable bonds is 3. The summed E-state index contributed by atoms with van der Waals surface area (Å²) in [6, 6.07) is 14.1. The van der Waals surface area contributed by atoms with Crippen LogP contribution in [0.5, 0.6) is 0 Å². The van der Waals surface area contributed by atoms with Gasteiger partial charge in [0.1, 0.15) is 5.52 Å². The molecular formula is C16H17N5. The van der Waals surface area contributed by atoms with E-state index in [1.165, 1.54) is 0 Å². The van der Waals surface area contributed by atoms with Crippen molar-refractivity contribution in [1.29, 1.82) is 0 Å². The number of hydrogen-bond donors (Lipinski definition) is 1. The van der Waals surface area contributed by atoms with Crippen LogP contribution in [0.1, 0.15) is 5.69 Å². The van der Waals surface area contributed by atoms with E-state index in [4.69, 9.17) is 5.73 Å². The predicted octanol–water partition coefficient (Wildman–Crippen LogP) is 2.22. The Morgan fingerprint density at radius 1 is 1.00 bits per heavy atom. The molecule has 0 aliphatic rings. The second-order valence-corrected chi connectivity index (χ2v) is 5.09. The fourth-order valence-corrected chi connectivity index (χ4v) is 2.17. The number of fused-ring (bicyclic) bond motifs is 1. The van der Waals surface area contributed by atoms with E-state index in [1.54, 1.807) is 0 Å². The molecule has 5 heteroatoms. The van der Waals surface area contributed by atoms with Gasteiger partial charge in [0.25, 0.3) is 0 Å². The largest absolute Gasteiger partial charge is 0.378 e. The summed E-state index contributed by atoms with van der Waals surface area (Å²) >= 11 is 0. The smallest absolute Gasteiger partial charge is 0.111 e. The lowest BCUT2D eigenvalue weighted by molar-refractivity contribution is 0.917. The van der Waals surface area contributed by atoms with E-state index in [2.05, 4.69) is 38.3 Å². The topological polar surface area (TPSA) is 67.9 Å². The SMILES string of the molecule is CN(C)c1cccc(-c2ccc3nnc(CN)cc3n2)c1. The third-order valence-electron chi connectivity index (χ3n) is 3.36. The molecule has 0 amide bonds. The summed E-state index contributed by atoms with van der Waals surface area (Å²) in [5.41, 5.74) is 11.1. The van der Waals surface area contributed by atoms with Crippen molar-refractivity contribution in [3.8, 4) is 11.3 Å². The molecule has 0 spiro atoms.